The number of rotatable bonds is 4. The van der Waals surface area contributed by atoms with Crippen molar-refractivity contribution in [3.8, 4) is 10.6 Å². The predicted molar refractivity (Wildman–Crippen MR) is 99.5 cm³/mol. The molecular formula is C16H16ClN7OS. The van der Waals surface area contributed by atoms with E-state index in [0.29, 0.717) is 15.2 Å². The van der Waals surface area contributed by atoms with Crippen molar-refractivity contribution >= 4 is 34.0 Å². The SMILES string of the molecule is O=C(Nc1nnc(-c2cccc(Cl)c2)s1)c1cn(C2CCNCC2)nn1. The molecule has 2 N–H and O–H groups in total. The van der Waals surface area contributed by atoms with Crippen molar-refractivity contribution in [2.24, 2.45) is 0 Å². The van der Waals surface area contributed by atoms with E-state index in [4.69, 9.17) is 11.6 Å². The molecule has 0 aliphatic carbocycles. The summed E-state index contributed by atoms with van der Waals surface area (Å²) in [7, 11) is 0. The quantitative estimate of drug-likeness (QED) is 0.711. The van der Waals surface area contributed by atoms with Crippen LogP contribution in [0.1, 0.15) is 29.4 Å². The number of carbonyl (C=O) groups excluding carboxylic acids is 1. The molecule has 0 atom stereocenters. The monoisotopic (exact) mass is 389 g/mol. The third kappa shape index (κ3) is 3.74. The van der Waals surface area contributed by atoms with Crippen LogP contribution in [-0.2, 0) is 0 Å². The third-order valence-corrected chi connectivity index (χ3v) is 5.27. The van der Waals surface area contributed by atoms with Gasteiger partial charge in [0, 0.05) is 10.6 Å². The Kier molecular flexibility index (Phi) is 4.91. The Morgan fingerprint density at radius 3 is 2.92 bits per heavy atom. The van der Waals surface area contributed by atoms with E-state index in [9.17, 15) is 4.79 Å². The Bertz CT molecular complexity index is 919. The highest BCUT2D eigenvalue weighted by Crippen LogP contribution is 2.28. The molecule has 1 saturated heterocycles. The number of hydrogen-bond donors (Lipinski definition) is 2. The standard InChI is InChI=1S/C16H16ClN7OS/c17-11-3-1-2-10(8-11)15-21-22-16(26-15)19-14(25)13-9-24(23-20-13)12-4-6-18-7-5-12/h1-3,8-9,12,18H,4-7H2,(H,19,22,25). The molecule has 26 heavy (non-hydrogen) atoms. The molecule has 0 spiro atoms. The minimum absolute atomic E-state index is 0.267. The lowest BCUT2D eigenvalue weighted by Crippen LogP contribution is -2.29. The van der Waals surface area contributed by atoms with Crippen molar-refractivity contribution in [1.82, 2.24) is 30.5 Å². The van der Waals surface area contributed by atoms with Gasteiger partial charge in [0.1, 0.15) is 5.01 Å². The van der Waals surface area contributed by atoms with Gasteiger partial charge in [-0.15, -0.1) is 15.3 Å². The molecule has 1 aliphatic rings. The molecule has 2 aromatic heterocycles. The van der Waals surface area contributed by atoms with Crippen LogP contribution in [0.25, 0.3) is 10.6 Å². The fraction of sp³-hybridized carbons (Fsp3) is 0.312. The molecule has 1 fully saturated rings. The zero-order valence-electron chi connectivity index (χ0n) is 13.7. The topological polar surface area (TPSA) is 97.6 Å². The van der Waals surface area contributed by atoms with Crippen LogP contribution in [0.5, 0.6) is 0 Å². The summed E-state index contributed by atoms with van der Waals surface area (Å²) in [6, 6.07) is 7.61. The van der Waals surface area contributed by atoms with Crippen molar-refractivity contribution in [3.63, 3.8) is 0 Å². The van der Waals surface area contributed by atoms with Crippen molar-refractivity contribution in [2.75, 3.05) is 18.4 Å². The van der Waals surface area contributed by atoms with E-state index in [0.717, 1.165) is 31.5 Å². The van der Waals surface area contributed by atoms with Crippen molar-refractivity contribution in [3.05, 3.63) is 41.2 Å². The first-order valence-electron chi connectivity index (χ1n) is 8.22. The number of hydrogen-bond acceptors (Lipinski definition) is 7. The second kappa shape index (κ2) is 7.48. The fourth-order valence-corrected chi connectivity index (χ4v) is 3.73. The molecule has 0 bridgehead atoms. The average molecular weight is 390 g/mol. The molecule has 1 amide bonds. The van der Waals surface area contributed by atoms with Gasteiger partial charge in [-0.1, -0.05) is 40.3 Å². The van der Waals surface area contributed by atoms with E-state index >= 15 is 0 Å². The smallest absolute Gasteiger partial charge is 0.279 e. The van der Waals surface area contributed by atoms with E-state index in [-0.39, 0.29) is 17.6 Å². The summed E-state index contributed by atoms with van der Waals surface area (Å²) in [5, 5.41) is 23.9. The Morgan fingerprint density at radius 1 is 1.27 bits per heavy atom. The molecule has 0 saturated carbocycles. The minimum Gasteiger partial charge on any atom is -0.317 e. The molecule has 134 valence electrons. The number of anilines is 1. The maximum absolute atomic E-state index is 12.4. The summed E-state index contributed by atoms with van der Waals surface area (Å²) in [6.07, 6.45) is 3.64. The molecule has 4 rings (SSSR count). The molecule has 1 aromatic carbocycles. The Labute approximate surface area is 158 Å². The maximum Gasteiger partial charge on any atom is 0.279 e. The van der Waals surface area contributed by atoms with Crippen LogP contribution in [-0.4, -0.2) is 44.2 Å². The van der Waals surface area contributed by atoms with Crippen LogP contribution < -0.4 is 10.6 Å². The molecule has 3 heterocycles. The van der Waals surface area contributed by atoms with Gasteiger partial charge in [0.05, 0.1) is 12.2 Å². The lowest BCUT2D eigenvalue weighted by molar-refractivity contribution is 0.102. The molecule has 0 radical (unpaired) electrons. The minimum atomic E-state index is -0.348. The van der Waals surface area contributed by atoms with Gasteiger partial charge in [-0.05, 0) is 38.1 Å². The van der Waals surface area contributed by atoms with Crippen LogP contribution >= 0.6 is 22.9 Å². The molecule has 0 unspecified atom stereocenters. The Balaban J connectivity index is 1.44. The number of nitrogens with zero attached hydrogens (tertiary/aromatic N) is 5. The summed E-state index contributed by atoms with van der Waals surface area (Å²) in [5.41, 5.74) is 1.12. The second-order valence-electron chi connectivity index (χ2n) is 5.94. The molecule has 8 nitrogen and oxygen atoms in total. The number of amides is 1. The average Bonchev–Trinajstić information content (AvgIpc) is 3.32. The predicted octanol–water partition coefficient (Wildman–Crippen LogP) is 2.63. The van der Waals surface area contributed by atoms with Crippen LogP contribution in [0.3, 0.4) is 0 Å². The van der Waals surface area contributed by atoms with E-state index in [2.05, 4.69) is 31.1 Å². The van der Waals surface area contributed by atoms with Crippen molar-refractivity contribution in [2.45, 2.75) is 18.9 Å². The van der Waals surface area contributed by atoms with E-state index in [1.807, 2.05) is 12.1 Å². The Hall–Kier alpha value is -2.36. The van der Waals surface area contributed by atoms with Gasteiger partial charge in [-0.3, -0.25) is 10.1 Å². The number of piperidine rings is 1. The van der Waals surface area contributed by atoms with Gasteiger partial charge in [-0.25, -0.2) is 4.68 Å². The summed E-state index contributed by atoms with van der Waals surface area (Å²) in [5.74, 6) is -0.348. The van der Waals surface area contributed by atoms with Gasteiger partial charge >= 0.3 is 0 Å². The van der Waals surface area contributed by atoms with Crippen LogP contribution in [0.4, 0.5) is 5.13 Å². The third-order valence-electron chi connectivity index (χ3n) is 4.14. The number of benzene rings is 1. The number of aromatic nitrogens is 5. The maximum atomic E-state index is 12.4. The number of carbonyl (C=O) groups is 1. The lowest BCUT2D eigenvalue weighted by Gasteiger charge is -2.21. The molecule has 1 aliphatic heterocycles. The summed E-state index contributed by atoms with van der Waals surface area (Å²) in [4.78, 5) is 12.4. The van der Waals surface area contributed by atoms with Crippen LogP contribution in [0.2, 0.25) is 5.02 Å². The van der Waals surface area contributed by atoms with E-state index in [1.165, 1.54) is 11.3 Å². The van der Waals surface area contributed by atoms with E-state index < -0.39 is 0 Å². The second-order valence-corrected chi connectivity index (χ2v) is 7.36. The van der Waals surface area contributed by atoms with Gasteiger partial charge < -0.3 is 5.32 Å². The number of nitrogens with one attached hydrogen (secondary N) is 2. The summed E-state index contributed by atoms with van der Waals surface area (Å²) in [6.45, 7) is 1.90. The van der Waals surface area contributed by atoms with E-state index in [1.54, 1.807) is 23.0 Å². The fourth-order valence-electron chi connectivity index (χ4n) is 2.80. The van der Waals surface area contributed by atoms with Gasteiger partial charge in [0.2, 0.25) is 5.13 Å². The van der Waals surface area contributed by atoms with Crippen LogP contribution in [0, 0.1) is 0 Å². The van der Waals surface area contributed by atoms with Crippen molar-refractivity contribution < 1.29 is 4.79 Å². The largest absolute Gasteiger partial charge is 0.317 e. The first-order valence-corrected chi connectivity index (χ1v) is 9.42. The van der Waals surface area contributed by atoms with Gasteiger partial charge in [0.15, 0.2) is 5.69 Å². The Morgan fingerprint density at radius 2 is 2.12 bits per heavy atom. The summed E-state index contributed by atoms with van der Waals surface area (Å²) < 4.78 is 1.77. The highest BCUT2D eigenvalue weighted by atomic mass is 35.5. The lowest BCUT2D eigenvalue weighted by atomic mass is 10.1. The first kappa shape index (κ1) is 17.1. The molecular weight excluding hydrogens is 374 g/mol. The zero-order valence-corrected chi connectivity index (χ0v) is 15.3. The summed E-state index contributed by atoms with van der Waals surface area (Å²) >= 11 is 7.27. The zero-order chi connectivity index (χ0) is 17.9. The van der Waals surface area contributed by atoms with Gasteiger partial charge in [0.25, 0.3) is 5.91 Å². The highest BCUT2D eigenvalue weighted by Gasteiger charge is 2.19. The van der Waals surface area contributed by atoms with Crippen molar-refractivity contribution in [1.29, 1.82) is 0 Å². The first-order chi connectivity index (χ1) is 12.7. The number of halogens is 1. The molecule has 3 aromatic rings. The normalized spacial score (nSPS) is 15.1. The van der Waals surface area contributed by atoms with Crippen LogP contribution in [0.15, 0.2) is 30.5 Å². The molecule has 10 heteroatoms. The van der Waals surface area contributed by atoms with Gasteiger partial charge in [-0.2, -0.15) is 0 Å². The highest BCUT2D eigenvalue weighted by molar-refractivity contribution is 7.18.